The van der Waals surface area contributed by atoms with Gasteiger partial charge in [0.2, 0.25) is 0 Å². The van der Waals surface area contributed by atoms with Crippen LogP contribution in [0, 0.1) is 0 Å². The van der Waals surface area contributed by atoms with E-state index in [0.29, 0.717) is 0 Å². The number of hydrogen-bond acceptors (Lipinski definition) is 10. The standard InChI is InChI=1S/2C6H7O6PS.Ti/c2*7-13(8,9)5-3-1-2-4-6(5)14(10,11)12;/h2*1-4H,(H2,7,8,9)(H,10,11,12);/q;;+4/p-4. The minimum absolute atomic E-state index is 0. The molecule has 0 amide bonds. The Balaban J connectivity index is 0.000000523. The summed E-state index contributed by atoms with van der Waals surface area (Å²) in [6.07, 6.45) is 0. The summed E-state index contributed by atoms with van der Waals surface area (Å²) >= 11 is 0. The smallest absolute Gasteiger partial charge is 0.807 e. The molecule has 0 aliphatic carbocycles. The van der Waals surface area contributed by atoms with Crippen molar-refractivity contribution in [2.75, 3.05) is 0 Å². The normalized spacial score (nSPS) is 12.3. The monoisotopic (exact) mass is 520 g/mol. The van der Waals surface area contributed by atoms with E-state index in [0.717, 1.165) is 24.3 Å². The molecule has 0 saturated carbocycles. The molecule has 12 nitrogen and oxygen atoms in total. The van der Waals surface area contributed by atoms with Crippen LogP contribution in [-0.2, 0) is 51.1 Å². The fourth-order valence-corrected chi connectivity index (χ4v) is 5.56. The second-order valence-electron chi connectivity index (χ2n) is 4.88. The molecule has 0 aliphatic heterocycles. The second kappa shape index (κ2) is 10.1. The molecule has 0 radical (unpaired) electrons. The second-order valence-corrected chi connectivity index (χ2v) is 10.6. The molecule has 0 aromatic heterocycles. The third-order valence-corrected chi connectivity index (χ3v) is 6.96. The van der Waals surface area contributed by atoms with Crippen LogP contribution in [0.2, 0.25) is 0 Å². The minimum Gasteiger partial charge on any atom is -0.807 e. The first-order valence-corrected chi connectivity index (χ1v) is 12.6. The van der Waals surface area contributed by atoms with Gasteiger partial charge in [0, 0.05) is 10.6 Å². The summed E-state index contributed by atoms with van der Waals surface area (Å²) in [6.45, 7) is 0. The van der Waals surface area contributed by atoms with Gasteiger partial charge in [-0.1, -0.05) is 36.4 Å². The van der Waals surface area contributed by atoms with Crippen molar-refractivity contribution in [1.29, 1.82) is 0 Å². The molecule has 29 heavy (non-hydrogen) atoms. The van der Waals surface area contributed by atoms with Crippen LogP contribution in [0.3, 0.4) is 0 Å². The Kier molecular flexibility index (Phi) is 9.80. The van der Waals surface area contributed by atoms with Crippen LogP contribution in [0.25, 0.3) is 0 Å². The van der Waals surface area contributed by atoms with Crippen LogP contribution in [0.1, 0.15) is 0 Å². The molecule has 0 spiro atoms. The third-order valence-electron chi connectivity index (χ3n) is 2.88. The molecule has 0 aliphatic rings. The molecule has 0 bridgehead atoms. The summed E-state index contributed by atoms with van der Waals surface area (Å²) in [7, 11) is -19.8. The van der Waals surface area contributed by atoms with Crippen LogP contribution < -0.4 is 30.2 Å². The molecule has 2 rings (SSSR count). The van der Waals surface area contributed by atoms with E-state index < -0.39 is 55.8 Å². The van der Waals surface area contributed by atoms with E-state index in [-0.39, 0.29) is 21.7 Å². The largest absolute Gasteiger partial charge is 4.00 e. The van der Waals surface area contributed by atoms with Crippen molar-refractivity contribution in [2.24, 2.45) is 0 Å². The van der Waals surface area contributed by atoms with E-state index in [4.69, 9.17) is 9.11 Å². The molecule has 0 heterocycles. The van der Waals surface area contributed by atoms with Gasteiger partial charge >= 0.3 is 21.7 Å². The van der Waals surface area contributed by atoms with Gasteiger partial charge < -0.3 is 28.7 Å². The van der Waals surface area contributed by atoms with Crippen molar-refractivity contribution >= 4 is 46.0 Å². The molecule has 0 fully saturated rings. The summed E-state index contributed by atoms with van der Waals surface area (Å²) < 4.78 is 81.0. The van der Waals surface area contributed by atoms with Gasteiger partial charge in [-0.25, -0.2) is 0 Å². The first kappa shape index (κ1) is 28.3. The zero-order valence-corrected chi connectivity index (χ0v) is 18.8. The zero-order chi connectivity index (χ0) is 22.0. The maximum atomic E-state index is 10.7. The minimum atomic E-state index is -5.19. The van der Waals surface area contributed by atoms with E-state index in [9.17, 15) is 45.5 Å². The van der Waals surface area contributed by atoms with Crippen molar-refractivity contribution in [3.8, 4) is 0 Å². The van der Waals surface area contributed by atoms with E-state index in [2.05, 4.69) is 0 Å². The SMILES string of the molecule is O=P([O-])([O-])c1ccccc1S(=O)(=O)O.O=P([O-])([O-])c1ccccc1S(=O)(=O)O.[Ti+4]. The van der Waals surface area contributed by atoms with E-state index in [1.165, 1.54) is 24.3 Å². The maximum Gasteiger partial charge on any atom is 4.00 e. The Labute approximate surface area is 180 Å². The van der Waals surface area contributed by atoms with E-state index in [1.807, 2.05) is 0 Å². The molecular formula is C12H10O12P2S2Ti. The molecule has 17 heteroatoms. The van der Waals surface area contributed by atoms with Crippen LogP contribution in [0.4, 0.5) is 0 Å². The van der Waals surface area contributed by atoms with Gasteiger partial charge in [-0.15, -0.1) is 0 Å². The molecule has 0 saturated heterocycles. The van der Waals surface area contributed by atoms with Crippen LogP contribution >= 0.6 is 15.2 Å². The summed E-state index contributed by atoms with van der Waals surface area (Å²) in [5.74, 6) is 0. The average molecular weight is 520 g/mol. The molecule has 2 aromatic carbocycles. The predicted molar refractivity (Wildman–Crippen MR) is 87.0 cm³/mol. The van der Waals surface area contributed by atoms with Crippen molar-refractivity contribution in [2.45, 2.75) is 9.79 Å². The maximum absolute atomic E-state index is 10.7. The van der Waals surface area contributed by atoms with Gasteiger partial charge in [0.25, 0.3) is 20.2 Å². The quantitative estimate of drug-likeness (QED) is 0.232. The van der Waals surface area contributed by atoms with Gasteiger partial charge in [0.05, 0.1) is 0 Å². The molecule has 156 valence electrons. The van der Waals surface area contributed by atoms with Crippen LogP contribution in [-0.4, -0.2) is 25.9 Å². The van der Waals surface area contributed by atoms with Gasteiger partial charge in [0.1, 0.15) is 9.79 Å². The molecule has 0 atom stereocenters. The fraction of sp³-hybridized carbons (Fsp3) is 0. The summed E-state index contributed by atoms with van der Waals surface area (Å²) in [6, 6.07) is 8.09. The topological polar surface area (TPSA) is 235 Å². The molecule has 2 aromatic rings. The van der Waals surface area contributed by atoms with Gasteiger partial charge in [-0.3, -0.25) is 9.11 Å². The van der Waals surface area contributed by atoms with Crippen molar-refractivity contribution in [3.63, 3.8) is 0 Å². The zero-order valence-electron chi connectivity index (χ0n) is 13.8. The number of hydrogen-bond donors (Lipinski definition) is 2. The first-order valence-electron chi connectivity index (χ1n) is 6.64. The molecule has 2 N–H and O–H groups in total. The third kappa shape index (κ3) is 8.50. The predicted octanol–water partition coefficient (Wildman–Crippen LogP) is -3.06. The Hall–Kier alpha value is -0.726. The molecule has 0 unspecified atom stereocenters. The number of benzene rings is 2. The van der Waals surface area contributed by atoms with Crippen LogP contribution in [0.5, 0.6) is 0 Å². The van der Waals surface area contributed by atoms with Gasteiger partial charge in [0.15, 0.2) is 0 Å². The summed E-state index contributed by atoms with van der Waals surface area (Å²) in [4.78, 5) is 40.6. The first-order chi connectivity index (χ1) is 12.5. The van der Waals surface area contributed by atoms with Crippen molar-refractivity contribution in [1.82, 2.24) is 0 Å². The van der Waals surface area contributed by atoms with E-state index >= 15 is 0 Å². The van der Waals surface area contributed by atoms with Crippen molar-refractivity contribution in [3.05, 3.63) is 48.5 Å². The Bertz CT molecular complexity index is 1070. The Morgan fingerprint density at radius 3 is 1.03 bits per heavy atom. The van der Waals surface area contributed by atoms with Gasteiger partial charge in [-0.05, 0) is 27.3 Å². The fourth-order valence-electron chi connectivity index (χ4n) is 1.80. The van der Waals surface area contributed by atoms with Crippen LogP contribution in [0.15, 0.2) is 58.3 Å². The van der Waals surface area contributed by atoms with Crippen molar-refractivity contribution < 1.29 is 76.4 Å². The number of rotatable bonds is 4. The Morgan fingerprint density at radius 1 is 0.621 bits per heavy atom. The Morgan fingerprint density at radius 2 is 0.862 bits per heavy atom. The summed E-state index contributed by atoms with van der Waals surface area (Å²) in [5, 5.41) is -1.86. The molecular weight excluding hydrogens is 510 g/mol. The summed E-state index contributed by atoms with van der Waals surface area (Å²) in [5.41, 5.74) is 0. The van der Waals surface area contributed by atoms with E-state index in [1.54, 1.807) is 0 Å². The van der Waals surface area contributed by atoms with Gasteiger partial charge in [-0.2, -0.15) is 16.8 Å². The average Bonchev–Trinajstić information content (AvgIpc) is 2.52.